The number of hydrogen-bond donors (Lipinski definition) is 1. The Morgan fingerprint density at radius 1 is 1.44 bits per heavy atom. The van der Waals surface area contributed by atoms with Crippen molar-refractivity contribution in [1.29, 1.82) is 0 Å². The lowest BCUT2D eigenvalue weighted by molar-refractivity contribution is -0.124. The monoisotopic (exact) mass is 240 g/mol. The van der Waals surface area contributed by atoms with Crippen LogP contribution in [0.5, 0.6) is 0 Å². The van der Waals surface area contributed by atoms with E-state index in [2.05, 4.69) is 10.2 Å². The van der Waals surface area contributed by atoms with Crippen LogP contribution in [-0.2, 0) is 4.74 Å². The van der Waals surface area contributed by atoms with Crippen molar-refractivity contribution in [2.24, 2.45) is 0 Å². The lowest BCUT2D eigenvalue weighted by Gasteiger charge is -2.21. The predicted octanol–water partition coefficient (Wildman–Crippen LogP) is 1.25. The second kappa shape index (κ2) is 6.42. The minimum Gasteiger partial charge on any atom is -0.377 e. The molecule has 1 aliphatic rings. The summed E-state index contributed by atoms with van der Waals surface area (Å²) in [6.45, 7) is 4.53. The van der Waals surface area contributed by atoms with Gasteiger partial charge in [0.25, 0.3) is 0 Å². The highest BCUT2D eigenvalue weighted by Crippen LogP contribution is 2.12. The Morgan fingerprint density at radius 2 is 2.19 bits per heavy atom. The maximum absolute atomic E-state index is 11.9. The molecule has 3 nitrogen and oxygen atoms in total. The third kappa shape index (κ3) is 6.30. The SMILES string of the molecule is CC1CN(CCNCC(F)(F)F)CCCO1. The fourth-order valence-corrected chi connectivity index (χ4v) is 1.75. The minimum absolute atomic E-state index is 0.171. The summed E-state index contributed by atoms with van der Waals surface area (Å²) in [7, 11) is 0. The lowest BCUT2D eigenvalue weighted by Crippen LogP contribution is -2.38. The third-order valence-electron chi connectivity index (χ3n) is 2.47. The Hall–Kier alpha value is -0.330. The molecule has 0 aliphatic carbocycles. The second-order valence-electron chi connectivity index (χ2n) is 4.13. The van der Waals surface area contributed by atoms with E-state index >= 15 is 0 Å². The van der Waals surface area contributed by atoms with Crippen molar-refractivity contribution >= 4 is 0 Å². The molecule has 0 spiro atoms. The van der Waals surface area contributed by atoms with E-state index in [1.165, 1.54) is 0 Å². The summed E-state index contributed by atoms with van der Waals surface area (Å²) in [5.41, 5.74) is 0. The highest BCUT2D eigenvalue weighted by atomic mass is 19.4. The molecule has 16 heavy (non-hydrogen) atoms. The van der Waals surface area contributed by atoms with Gasteiger partial charge in [-0.3, -0.25) is 4.90 Å². The van der Waals surface area contributed by atoms with Crippen LogP contribution in [0.3, 0.4) is 0 Å². The molecular weight excluding hydrogens is 221 g/mol. The fraction of sp³-hybridized carbons (Fsp3) is 1.00. The van der Waals surface area contributed by atoms with Crippen LogP contribution in [0.2, 0.25) is 0 Å². The molecule has 1 atom stereocenters. The van der Waals surface area contributed by atoms with Gasteiger partial charge in [-0.05, 0) is 13.3 Å². The smallest absolute Gasteiger partial charge is 0.377 e. The van der Waals surface area contributed by atoms with Gasteiger partial charge in [-0.2, -0.15) is 13.2 Å². The predicted molar refractivity (Wildman–Crippen MR) is 55.4 cm³/mol. The van der Waals surface area contributed by atoms with Gasteiger partial charge in [0.2, 0.25) is 0 Å². The average Bonchev–Trinajstić information content (AvgIpc) is 2.36. The molecule has 6 heteroatoms. The van der Waals surface area contributed by atoms with Gasteiger partial charge in [0.1, 0.15) is 0 Å². The van der Waals surface area contributed by atoms with Gasteiger partial charge in [-0.25, -0.2) is 0 Å². The number of nitrogens with zero attached hydrogens (tertiary/aromatic N) is 1. The Kier molecular flexibility index (Phi) is 5.51. The molecule has 0 bridgehead atoms. The summed E-state index contributed by atoms with van der Waals surface area (Å²) < 4.78 is 41.0. The van der Waals surface area contributed by atoms with Crippen LogP contribution in [0.4, 0.5) is 13.2 Å². The molecule has 0 saturated carbocycles. The van der Waals surface area contributed by atoms with Gasteiger partial charge < -0.3 is 10.1 Å². The van der Waals surface area contributed by atoms with Gasteiger partial charge in [0, 0.05) is 32.8 Å². The maximum Gasteiger partial charge on any atom is 0.401 e. The Morgan fingerprint density at radius 3 is 2.88 bits per heavy atom. The van der Waals surface area contributed by atoms with E-state index in [-0.39, 0.29) is 6.10 Å². The molecule has 1 heterocycles. The van der Waals surface area contributed by atoms with E-state index < -0.39 is 12.7 Å². The van der Waals surface area contributed by atoms with Crippen LogP contribution in [0.15, 0.2) is 0 Å². The molecule has 1 rings (SSSR count). The minimum atomic E-state index is -4.12. The number of ether oxygens (including phenoxy) is 1. The lowest BCUT2D eigenvalue weighted by atomic mass is 10.3. The Bertz CT molecular complexity index is 199. The largest absolute Gasteiger partial charge is 0.401 e. The van der Waals surface area contributed by atoms with Gasteiger partial charge >= 0.3 is 6.18 Å². The zero-order valence-electron chi connectivity index (χ0n) is 9.52. The molecule has 96 valence electrons. The number of alkyl halides is 3. The van der Waals surface area contributed by atoms with Crippen molar-refractivity contribution in [1.82, 2.24) is 10.2 Å². The van der Waals surface area contributed by atoms with E-state index in [1.807, 2.05) is 6.92 Å². The standard InChI is InChI=1S/C10H19F3N2O/c1-9-7-15(4-2-6-16-9)5-3-14-8-10(11,12)13/h9,14H,2-8H2,1H3. The summed E-state index contributed by atoms with van der Waals surface area (Å²) in [6, 6.07) is 0. The van der Waals surface area contributed by atoms with Crippen LogP contribution >= 0.6 is 0 Å². The number of halogens is 3. The molecular formula is C10H19F3N2O. The van der Waals surface area contributed by atoms with Crippen LogP contribution in [0, 0.1) is 0 Å². The fourth-order valence-electron chi connectivity index (χ4n) is 1.75. The number of rotatable bonds is 4. The van der Waals surface area contributed by atoms with E-state index in [1.54, 1.807) is 0 Å². The first-order chi connectivity index (χ1) is 7.47. The average molecular weight is 240 g/mol. The van der Waals surface area contributed by atoms with Crippen molar-refractivity contribution in [2.75, 3.05) is 39.3 Å². The number of nitrogens with one attached hydrogen (secondary N) is 1. The van der Waals surface area contributed by atoms with Crippen molar-refractivity contribution < 1.29 is 17.9 Å². The summed E-state index contributed by atoms with van der Waals surface area (Å²) in [6.07, 6.45) is -3.00. The van der Waals surface area contributed by atoms with E-state index in [0.29, 0.717) is 13.1 Å². The molecule has 0 aromatic heterocycles. The first-order valence-corrected chi connectivity index (χ1v) is 5.59. The Labute approximate surface area is 93.9 Å². The molecule has 1 saturated heterocycles. The van der Waals surface area contributed by atoms with Crippen molar-refractivity contribution in [3.63, 3.8) is 0 Å². The third-order valence-corrected chi connectivity index (χ3v) is 2.47. The summed E-state index contributed by atoms with van der Waals surface area (Å²) in [5, 5.41) is 2.40. The van der Waals surface area contributed by atoms with Gasteiger partial charge in [-0.1, -0.05) is 0 Å². The number of hydrogen-bond acceptors (Lipinski definition) is 3. The van der Waals surface area contributed by atoms with Crippen molar-refractivity contribution in [3.05, 3.63) is 0 Å². The zero-order chi connectivity index (χ0) is 12.0. The molecule has 1 aliphatic heterocycles. The van der Waals surface area contributed by atoms with Gasteiger partial charge in [-0.15, -0.1) is 0 Å². The topological polar surface area (TPSA) is 24.5 Å². The molecule has 1 N–H and O–H groups in total. The van der Waals surface area contributed by atoms with Gasteiger partial charge in [0.15, 0.2) is 0 Å². The van der Waals surface area contributed by atoms with Crippen LogP contribution in [-0.4, -0.2) is 56.5 Å². The summed E-state index contributed by atoms with van der Waals surface area (Å²) >= 11 is 0. The molecule has 1 unspecified atom stereocenters. The van der Waals surface area contributed by atoms with Gasteiger partial charge in [0.05, 0.1) is 12.6 Å². The van der Waals surface area contributed by atoms with Crippen LogP contribution in [0.25, 0.3) is 0 Å². The molecule has 0 aromatic rings. The molecule has 1 fully saturated rings. The van der Waals surface area contributed by atoms with E-state index in [4.69, 9.17) is 4.74 Å². The second-order valence-corrected chi connectivity index (χ2v) is 4.13. The first kappa shape index (κ1) is 13.7. The quantitative estimate of drug-likeness (QED) is 0.748. The van der Waals surface area contributed by atoms with Crippen molar-refractivity contribution in [2.45, 2.75) is 25.6 Å². The summed E-state index contributed by atoms with van der Waals surface area (Å²) in [4.78, 5) is 2.14. The highest BCUT2D eigenvalue weighted by Gasteiger charge is 2.26. The molecule has 0 aromatic carbocycles. The molecule has 0 amide bonds. The highest BCUT2D eigenvalue weighted by molar-refractivity contribution is 4.68. The zero-order valence-corrected chi connectivity index (χ0v) is 9.52. The maximum atomic E-state index is 11.9. The van der Waals surface area contributed by atoms with E-state index in [0.717, 1.165) is 26.1 Å². The Balaban J connectivity index is 2.11. The molecule has 0 radical (unpaired) electrons. The summed E-state index contributed by atoms with van der Waals surface area (Å²) in [5.74, 6) is 0. The normalized spacial score (nSPS) is 24.4. The van der Waals surface area contributed by atoms with Crippen LogP contribution in [0.1, 0.15) is 13.3 Å². The van der Waals surface area contributed by atoms with Crippen molar-refractivity contribution in [3.8, 4) is 0 Å². The van der Waals surface area contributed by atoms with E-state index in [9.17, 15) is 13.2 Å². The van der Waals surface area contributed by atoms with Crippen LogP contribution < -0.4 is 5.32 Å². The first-order valence-electron chi connectivity index (χ1n) is 5.59.